The minimum atomic E-state index is -0.135. The van der Waals surface area contributed by atoms with Gasteiger partial charge in [0.05, 0.1) is 6.04 Å². The van der Waals surface area contributed by atoms with Crippen LogP contribution in [-0.4, -0.2) is 11.8 Å². The number of amides is 2. The largest absolute Gasteiger partial charge is 0.346 e. The average Bonchev–Trinajstić information content (AvgIpc) is 3.60. The van der Waals surface area contributed by atoms with E-state index in [1.807, 2.05) is 37.3 Å². The van der Waals surface area contributed by atoms with Gasteiger partial charge in [-0.25, -0.2) is 0 Å². The molecule has 0 bridgehead atoms. The minimum Gasteiger partial charge on any atom is -0.346 e. The molecule has 4 heteroatoms. The van der Waals surface area contributed by atoms with Crippen LogP contribution < -0.4 is 10.6 Å². The van der Waals surface area contributed by atoms with E-state index in [2.05, 4.69) is 34.9 Å². The Bertz CT molecular complexity index is 991. The average molecular weight is 384 g/mol. The van der Waals surface area contributed by atoms with E-state index in [9.17, 15) is 9.59 Å². The van der Waals surface area contributed by atoms with E-state index >= 15 is 0 Å². The Balaban J connectivity index is 1.36. The summed E-state index contributed by atoms with van der Waals surface area (Å²) in [5, 5.41) is 5.92. The van der Waals surface area contributed by atoms with Crippen molar-refractivity contribution in [1.82, 2.24) is 5.32 Å². The van der Waals surface area contributed by atoms with Gasteiger partial charge in [-0.15, -0.1) is 0 Å². The summed E-state index contributed by atoms with van der Waals surface area (Å²) in [4.78, 5) is 24.4. The Hall–Kier alpha value is -3.40. The predicted octanol–water partition coefficient (Wildman–Crippen LogP) is 5.19. The van der Waals surface area contributed by atoms with Crippen LogP contribution in [0.2, 0.25) is 0 Å². The number of rotatable bonds is 6. The van der Waals surface area contributed by atoms with E-state index in [1.165, 1.54) is 5.56 Å². The van der Waals surface area contributed by atoms with Crippen LogP contribution in [0.25, 0.3) is 11.1 Å². The highest BCUT2D eigenvalue weighted by atomic mass is 16.2. The van der Waals surface area contributed by atoms with E-state index in [-0.39, 0.29) is 23.8 Å². The van der Waals surface area contributed by atoms with Gasteiger partial charge in [-0.1, -0.05) is 54.6 Å². The molecule has 0 aliphatic heterocycles. The lowest BCUT2D eigenvalue weighted by atomic mass is 10.0. The van der Waals surface area contributed by atoms with Gasteiger partial charge in [-0.05, 0) is 60.7 Å². The highest BCUT2D eigenvalue weighted by Gasteiger charge is 2.29. The van der Waals surface area contributed by atoms with Crippen LogP contribution in [-0.2, 0) is 4.79 Å². The smallest absolute Gasteiger partial charge is 0.251 e. The van der Waals surface area contributed by atoms with E-state index in [0.717, 1.165) is 29.7 Å². The van der Waals surface area contributed by atoms with E-state index in [4.69, 9.17) is 0 Å². The van der Waals surface area contributed by atoms with Crippen LogP contribution in [0, 0.1) is 5.92 Å². The second-order valence-electron chi connectivity index (χ2n) is 7.52. The fourth-order valence-electron chi connectivity index (χ4n) is 3.25. The Kier molecular flexibility index (Phi) is 5.43. The molecule has 1 atom stereocenters. The lowest BCUT2D eigenvalue weighted by molar-refractivity contribution is -0.117. The molecule has 1 saturated carbocycles. The van der Waals surface area contributed by atoms with Crippen molar-refractivity contribution in [3.05, 3.63) is 90.0 Å². The van der Waals surface area contributed by atoms with Crippen molar-refractivity contribution >= 4 is 17.5 Å². The minimum absolute atomic E-state index is 0.0646. The molecule has 146 valence electrons. The third-order valence-corrected chi connectivity index (χ3v) is 5.23. The van der Waals surface area contributed by atoms with Crippen molar-refractivity contribution in [1.29, 1.82) is 0 Å². The zero-order chi connectivity index (χ0) is 20.2. The van der Waals surface area contributed by atoms with Crippen LogP contribution in [0.1, 0.15) is 41.7 Å². The first-order chi connectivity index (χ1) is 14.1. The van der Waals surface area contributed by atoms with Gasteiger partial charge < -0.3 is 10.6 Å². The second kappa shape index (κ2) is 8.31. The first-order valence-electron chi connectivity index (χ1n) is 9.97. The van der Waals surface area contributed by atoms with Crippen LogP contribution in [0.3, 0.4) is 0 Å². The Labute approximate surface area is 171 Å². The molecule has 0 aromatic heterocycles. The van der Waals surface area contributed by atoms with Gasteiger partial charge in [0.2, 0.25) is 5.91 Å². The molecule has 1 unspecified atom stereocenters. The summed E-state index contributed by atoms with van der Waals surface area (Å²) >= 11 is 0. The number of hydrogen-bond donors (Lipinski definition) is 2. The molecule has 4 rings (SSSR count). The molecular formula is C25H24N2O2. The zero-order valence-electron chi connectivity index (χ0n) is 16.4. The number of carbonyl (C=O) groups excluding carboxylic acids is 2. The van der Waals surface area contributed by atoms with Crippen molar-refractivity contribution in [3.8, 4) is 11.1 Å². The molecule has 0 spiro atoms. The van der Waals surface area contributed by atoms with Crippen LogP contribution in [0.5, 0.6) is 0 Å². The van der Waals surface area contributed by atoms with Gasteiger partial charge in [0, 0.05) is 17.2 Å². The molecule has 2 amide bonds. The third-order valence-electron chi connectivity index (χ3n) is 5.23. The first-order valence-corrected chi connectivity index (χ1v) is 9.97. The SMILES string of the molecule is CC(NC(=O)c1ccc(NC(=O)C2CC2)cc1)c1ccc(-c2ccccc2)cc1. The summed E-state index contributed by atoms with van der Waals surface area (Å²) in [5.74, 6) is 0.0894. The lowest BCUT2D eigenvalue weighted by Crippen LogP contribution is -2.26. The van der Waals surface area contributed by atoms with E-state index < -0.39 is 0 Å². The number of hydrogen-bond acceptors (Lipinski definition) is 2. The van der Waals surface area contributed by atoms with E-state index in [0.29, 0.717) is 5.56 Å². The maximum Gasteiger partial charge on any atom is 0.251 e. The number of benzene rings is 3. The summed E-state index contributed by atoms with van der Waals surface area (Å²) in [6.07, 6.45) is 1.94. The number of anilines is 1. The lowest BCUT2D eigenvalue weighted by Gasteiger charge is -2.15. The maximum atomic E-state index is 12.6. The van der Waals surface area contributed by atoms with Crippen molar-refractivity contribution in [2.24, 2.45) is 5.92 Å². The first kappa shape index (κ1) is 18.9. The molecule has 0 heterocycles. The molecule has 1 aliphatic carbocycles. The standard InChI is InChI=1S/C25H24N2O2/c1-17(18-7-9-20(10-8-18)19-5-3-2-4-6-19)26-24(28)22-13-15-23(16-14-22)27-25(29)21-11-12-21/h2-10,13-17,21H,11-12H2,1H3,(H,26,28)(H,27,29). The second-order valence-corrected chi connectivity index (χ2v) is 7.52. The van der Waals surface area contributed by atoms with Gasteiger partial charge in [0.15, 0.2) is 0 Å². The summed E-state index contributed by atoms with van der Waals surface area (Å²) < 4.78 is 0. The van der Waals surface area contributed by atoms with Gasteiger partial charge in [-0.3, -0.25) is 9.59 Å². The fraction of sp³-hybridized carbons (Fsp3) is 0.200. The third kappa shape index (κ3) is 4.72. The highest BCUT2D eigenvalue weighted by Crippen LogP contribution is 2.30. The zero-order valence-corrected chi connectivity index (χ0v) is 16.4. The molecule has 0 radical (unpaired) electrons. The molecule has 4 nitrogen and oxygen atoms in total. The number of nitrogens with one attached hydrogen (secondary N) is 2. The molecule has 3 aromatic rings. The molecule has 1 aliphatic rings. The Morgan fingerprint density at radius 3 is 2.07 bits per heavy atom. The summed E-state index contributed by atoms with van der Waals surface area (Å²) in [6.45, 7) is 1.97. The molecule has 29 heavy (non-hydrogen) atoms. The normalized spacial score (nSPS) is 14.1. The molecule has 3 aromatic carbocycles. The van der Waals surface area contributed by atoms with Gasteiger partial charge in [-0.2, -0.15) is 0 Å². The van der Waals surface area contributed by atoms with Crippen molar-refractivity contribution in [3.63, 3.8) is 0 Å². The van der Waals surface area contributed by atoms with Gasteiger partial charge in [0.25, 0.3) is 5.91 Å². The van der Waals surface area contributed by atoms with Crippen molar-refractivity contribution in [2.45, 2.75) is 25.8 Å². The summed E-state index contributed by atoms with van der Waals surface area (Å²) in [6, 6.07) is 25.4. The highest BCUT2D eigenvalue weighted by molar-refractivity contribution is 5.97. The van der Waals surface area contributed by atoms with Crippen molar-refractivity contribution < 1.29 is 9.59 Å². The molecule has 0 saturated heterocycles. The quantitative estimate of drug-likeness (QED) is 0.614. The topological polar surface area (TPSA) is 58.2 Å². The molecular weight excluding hydrogens is 360 g/mol. The molecule has 2 N–H and O–H groups in total. The van der Waals surface area contributed by atoms with Crippen LogP contribution in [0.4, 0.5) is 5.69 Å². The van der Waals surface area contributed by atoms with Gasteiger partial charge >= 0.3 is 0 Å². The predicted molar refractivity (Wildman–Crippen MR) is 116 cm³/mol. The Morgan fingerprint density at radius 2 is 1.45 bits per heavy atom. The monoisotopic (exact) mass is 384 g/mol. The summed E-state index contributed by atoms with van der Waals surface area (Å²) in [5.41, 5.74) is 4.66. The van der Waals surface area contributed by atoms with Crippen LogP contribution >= 0.6 is 0 Å². The van der Waals surface area contributed by atoms with Gasteiger partial charge in [0.1, 0.15) is 0 Å². The van der Waals surface area contributed by atoms with Crippen molar-refractivity contribution in [2.75, 3.05) is 5.32 Å². The van der Waals surface area contributed by atoms with Crippen LogP contribution in [0.15, 0.2) is 78.9 Å². The molecule has 1 fully saturated rings. The maximum absolute atomic E-state index is 12.6. The number of carbonyl (C=O) groups is 2. The fourth-order valence-corrected chi connectivity index (χ4v) is 3.25. The van der Waals surface area contributed by atoms with E-state index in [1.54, 1.807) is 24.3 Å². The summed E-state index contributed by atoms with van der Waals surface area (Å²) in [7, 11) is 0. The Morgan fingerprint density at radius 1 is 0.828 bits per heavy atom.